The Kier molecular flexibility index (Phi) is 2.80. The molecule has 3 rings (SSSR count). The molecule has 0 aromatic carbocycles. The van der Waals surface area contributed by atoms with E-state index in [1.807, 2.05) is 17.5 Å². The number of carbonyl (C=O) groups excluding carboxylic acids is 1. The van der Waals surface area contributed by atoms with Crippen molar-refractivity contribution in [2.75, 3.05) is 11.4 Å². The molecule has 0 N–H and O–H groups in total. The van der Waals surface area contributed by atoms with Crippen LogP contribution in [0.15, 0.2) is 24.1 Å². The van der Waals surface area contributed by atoms with Gasteiger partial charge in [0, 0.05) is 18.9 Å². The molecule has 1 aliphatic heterocycles. The first-order valence-corrected chi connectivity index (χ1v) is 6.78. The Labute approximate surface area is 113 Å². The van der Waals surface area contributed by atoms with Crippen LogP contribution in [0.3, 0.4) is 0 Å². The first kappa shape index (κ1) is 11.6. The van der Waals surface area contributed by atoms with E-state index in [1.165, 1.54) is 11.3 Å². The monoisotopic (exact) mass is 279 g/mol. The molecule has 1 aliphatic rings. The van der Waals surface area contributed by atoms with E-state index in [4.69, 9.17) is 11.6 Å². The Morgan fingerprint density at radius 3 is 3.11 bits per heavy atom. The molecule has 92 valence electrons. The van der Waals surface area contributed by atoms with Gasteiger partial charge < -0.3 is 0 Å². The molecule has 0 radical (unpaired) electrons. The zero-order valence-corrected chi connectivity index (χ0v) is 11.0. The minimum absolute atomic E-state index is 0.0596. The van der Waals surface area contributed by atoms with Gasteiger partial charge in [-0.2, -0.15) is 4.98 Å². The van der Waals surface area contributed by atoms with E-state index in [0.717, 1.165) is 10.2 Å². The number of halogens is 1. The van der Waals surface area contributed by atoms with Crippen LogP contribution in [0.1, 0.15) is 6.42 Å². The van der Waals surface area contributed by atoms with E-state index in [-0.39, 0.29) is 17.1 Å². The molecule has 2 aromatic rings. The molecule has 1 amide bonds. The predicted octanol–water partition coefficient (Wildman–Crippen LogP) is 2.88. The maximum atomic E-state index is 12.0. The number of amides is 1. The SMILES string of the molecule is C=CC1CC(=O)N(c2nc(Cl)nc3ccsc23)C1. The fourth-order valence-electron chi connectivity index (χ4n) is 2.10. The van der Waals surface area contributed by atoms with Gasteiger partial charge in [0.05, 0.1) is 10.2 Å². The molecule has 1 saturated heterocycles. The van der Waals surface area contributed by atoms with Crippen LogP contribution in [0, 0.1) is 5.92 Å². The molecule has 1 atom stereocenters. The molecule has 4 nitrogen and oxygen atoms in total. The lowest BCUT2D eigenvalue weighted by atomic mass is 10.1. The van der Waals surface area contributed by atoms with Gasteiger partial charge in [-0.15, -0.1) is 17.9 Å². The van der Waals surface area contributed by atoms with Gasteiger partial charge in [-0.25, -0.2) is 4.98 Å². The summed E-state index contributed by atoms with van der Waals surface area (Å²) in [6.45, 7) is 4.35. The maximum Gasteiger partial charge on any atom is 0.228 e. The molecule has 3 heterocycles. The van der Waals surface area contributed by atoms with Crippen LogP contribution in [0.5, 0.6) is 0 Å². The van der Waals surface area contributed by atoms with Crippen LogP contribution < -0.4 is 4.90 Å². The molecule has 18 heavy (non-hydrogen) atoms. The summed E-state index contributed by atoms with van der Waals surface area (Å²) in [5.74, 6) is 0.861. The van der Waals surface area contributed by atoms with Gasteiger partial charge in [0.2, 0.25) is 11.2 Å². The number of rotatable bonds is 2. The second kappa shape index (κ2) is 4.33. The summed E-state index contributed by atoms with van der Waals surface area (Å²) in [7, 11) is 0. The number of hydrogen-bond donors (Lipinski definition) is 0. The van der Waals surface area contributed by atoms with Crippen LogP contribution in [0.4, 0.5) is 5.82 Å². The second-order valence-electron chi connectivity index (χ2n) is 4.16. The van der Waals surface area contributed by atoms with E-state index in [0.29, 0.717) is 18.8 Å². The summed E-state index contributed by atoms with van der Waals surface area (Å²) < 4.78 is 0.900. The lowest BCUT2D eigenvalue weighted by Gasteiger charge is -2.15. The summed E-state index contributed by atoms with van der Waals surface area (Å²) >= 11 is 7.42. The van der Waals surface area contributed by atoms with Crippen molar-refractivity contribution in [3.63, 3.8) is 0 Å². The summed E-state index contributed by atoms with van der Waals surface area (Å²) in [5, 5.41) is 2.09. The minimum atomic E-state index is 0.0596. The molecule has 0 spiro atoms. The van der Waals surface area contributed by atoms with Crippen LogP contribution in [-0.2, 0) is 4.79 Å². The zero-order chi connectivity index (χ0) is 12.7. The summed E-state index contributed by atoms with van der Waals surface area (Å²) in [4.78, 5) is 22.0. The highest BCUT2D eigenvalue weighted by molar-refractivity contribution is 7.17. The minimum Gasteiger partial charge on any atom is -0.295 e. The highest BCUT2D eigenvalue weighted by Crippen LogP contribution is 2.33. The molecule has 1 fully saturated rings. The smallest absolute Gasteiger partial charge is 0.228 e. The topological polar surface area (TPSA) is 46.1 Å². The zero-order valence-electron chi connectivity index (χ0n) is 9.47. The first-order valence-electron chi connectivity index (χ1n) is 5.52. The number of fused-ring (bicyclic) bond motifs is 1. The number of carbonyl (C=O) groups is 1. The van der Waals surface area contributed by atoms with E-state index < -0.39 is 0 Å². The van der Waals surface area contributed by atoms with Crippen molar-refractivity contribution in [3.05, 3.63) is 29.4 Å². The number of anilines is 1. The van der Waals surface area contributed by atoms with Crippen molar-refractivity contribution in [1.29, 1.82) is 0 Å². The quantitative estimate of drug-likeness (QED) is 0.627. The van der Waals surface area contributed by atoms with E-state index in [2.05, 4.69) is 16.5 Å². The second-order valence-corrected chi connectivity index (χ2v) is 5.41. The first-order chi connectivity index (χ1) is 8.69. The molecular formula is C12H10ClN3OS. The number of aromatic nitrogens is 2. The normalized spacial score (nSPS) is 19.7. The van der Waals surface area contributed by atoms with Crippen LogP contribution in [0.2, 0.25) is 5.28 Å². The Morgan fingerprint density at radius 1 is 1.56 bits per heavy atom. The van der Waals surface area contributed by atoms with Gasteiger partial charge in [0.25, 0.3) is 0 Å². The van der Waals surface area contributed by atoms with Gasteiger partial charge in [0.15, 0.2) is 5.82 Å². The van der Waals surface area contributed by atoms with E-state index in [1.54, 1.807) is 4.90 Å². The molecule has 0 bridgehead atoms. The lowest BCUT2D eigenvalue weighted by molar-refractivity contribution is -0.117. The van der Waals surface area contributed by atoms with Crippen molar-refractivity contribution in [2.45, 2.75) is 6.42 Å². The standard InChI is InChI=1S/C12H10ClN3OS/c1-2-7-5-9(17)16(6-7)11-10-8(3-4-18-10)14-12(13)15-11/h2-4,7H,1,5-6H2. The lowest BCUT2D eigenvalue weighted by Crippen LogP contribution is -2.25. The third-order valence-corrected chi connectivity index (χ3v) is 4.07. The largest absolute Gasteiger partial charge is 0.295 e. The molecule has 0 saturated carbocycles. The van der Waals surface area contributed by atoms with Crippen LogP contribution in [-0.4, -0.2) is 22.4 Å². The molecule has 6 heteroatoms. The predicted molar refractivity (Wildman–Crippen MR) is 73.1 cm³/mol. The molecular weight excluding hydrogens is 270 g/mol. The van der Waals surface area contributed by atoms with Crippen molar-refractivity contribution in [2.24, 2.45) is 5.92 Å². The average molecular weight is 280 g/mol. The van der Waals surface area contributed by atoms with Gasteiger partial charge in [-0.3, -0.25) is 9.69 Å². The van der Waals surface area contributed by atoms with Gasteiger partial charge in [-0.1, -0.05) is 6.08 Å². The van der Waals surface area contributed by atoms with Crippen molar-refractivity contribution in [1.82, 2.24) is 9.97 Å². The summed E-state index contributed by atoms with van der Waals surface area (Å²) in [5.41, 5.74) is 0.782. The van der Waals surface area contributed by atoms with E-state index >= 15 is 0 Å². The average Bonchev–Trinajstić information content (AvgIpc) is 2.94. The number of hydrogen-bond acceptors (Lipinski definition) is 4. The third-order valence-electron chi connectivity index (χ3n) is 3.00. The van der Waals surface area contributed by atoms with Crippen molar-refractivity contribution >= 4 is 44.9 Å². The Hall–Kier alpha value is -1.46. The highest BCUT2D eigenvalue weighted by atomic mass is 35.5. The van der Waals surface area contributed by atoms with Gasteiger partial charge >= 0.3 is 0 Å². The van der Waals surface area contributed by atoms with Gasteiger partial charge in [0.1, 0.15) is 0 Å². The Balaban J connectivity index is 2.11. The fourth-order valence-corrected chi connectivity index (χ4v) is 3.10. The molecule has 0 aliphatic carbocycles. The van der Waals surface area contributed by atoms with Crippen molar-refractivity contribution in [3.8, 4) is 0 Å². The van der Waals surface area contributed by atoms with Crippen molar-refractivity contribution < 1.29 is 4.79 Å². The summed E-state index contributed by atoms with van der Waals surface area (Å²) in [6, 6.07) is 1.88. The maximum absolute atomic E-state index is 12.0. The Morgan fingerprint density at radius 2 is 2.39 bits per heavy atom. The Bertz CT molecular complexity index is 639. The van der Waals surface area contributed by atoms with Crippen LogP contribution in [0.25, 0.3) is 10.2 Å². The third kappa shape index (κ3) is 1.79. The van der Waals surface area contributed by atoms with E-state index in [9.17, 15) is 4.79 Å². The fraction of sp³-hybridized carbons (Fsp3) is 0.250. The van der Waals surface area contributed by atoms with Crippen LogP contribution >= 0.6 is 22.9 Å². The molecule has 2 aromatic heterocycles. The number of thiophene rings is 1. The van der Waals surface area contributed by atoms with Gasteiger partial charge in [-0.05, 0) is 23.0 Å². The summed E-state index contributed by atoms with van der Waals surface area (Å²) in [6.07, 6.45) is 2.30. The molecule has 1 unspecified atom stereocenters. The highest BCUT2D eigenvalue weighted by Gasteiger charge is 2.31. The number of nitrogens with zero attached hydrogens (tertiary/aromatic N) is 3.